The van der Waals surface area contributed by atoms with Gasteiger partial charge in [0.1, 0.15) is 11.3 Å². The van der Waals surface area contributed by atoms with Crippen LogP contribution in [0.4, 0.5) is 0 Å². The summed E-state index contributed by atoms with van der Waals surface area (Å²) in [6, 6.07) is 1.82. The molecule has 0 spiro atoms. The number of carbonyl (C=O) groups is 1. The van der Waals surface area contributed by atoms with Gasteiger partial charge in [-0.05, 0) is 25.3 Å². The molecule has 2 fully saturated rings. The number of carboxylic acids is 1. The first-order chi connectivity index (χ1) is 8.24. The number of hydrogen-bond donors (Lipinski definition) is 2. The van der Waals surface area contributed by atoms with E-state index in [4.69, 9.17) is 14.3 Å². The molecule has 2 aliphatic rings. The predicted octanol–water partition coefficient (Wildman–Crippen LogP) is 1.39. The van der Waals surface area contributed by atoms with Gasteiger partial charge in [-0.25, -0.2) is 4.79 Å². The molecule has 2 saturated heterocycles. The summed E-state index contributed by atoms with van der Waals surface area (Å²) in [4.78, 5) is 10.9. The molecule has 0 amide bonds. The van der Waals surface area contributed by atoms with Crippen molar-refractivity contribution < 1.29 is 19.1 Å². The third-order valence-electron chi connectivity index (χ3n) is 3.61. The monoisotopic (exact) mass is 237 g/mol. The van der Waals surface area contributed by atoms with E-state index < -0.39 is 5.97 Å². The number of hydrogen-bond acceptors (Lipinski definition) is 4. The van der Waals surface area contributed by atoms with Crippen LogP contribution in [0.3, 0.4) is 0 Å². The third kappa shape index (κ3) is 1.96. The lowest BCUT2D eigenvalue weighted by Crippen LogP contribution is -2.37. The molecule has 3 atom stereocenters. The molecule has 0 saturated carbocycles. The maximum Gasteiger partial charge on any atom is 0.339 e. The van der Waals surface area contributed by atoms with Gasteiger partial charge in [0.15, 0.2) is 0 Å². The average Bonchev–Trinajstić information content (AvgIpc) is 3.01. The number of ether oxygens (including phenoxy) is 1. The molecule has 5 nitrogen and oxygen atoms in total. The Labute approximate surface area is 98.8 Å². The first-order valence-electron chi connectivity index (χ1n) is 5.92. The van der Waals surface area contributed by atoms with E-state index in [0.717, 1.165) is 19.3 Å². The molecular formula is C12H15NO4. The van der Waals surface area contributed by atoms with E-state index in [1.807, 2.05) is 0 Å². The molecule has 1 aromatic heterocycles. The van der Waals surface area contributed by atoms with Crippen LogP contribution >= 0.6 is 0 Å². The Morgan fingerprint density at radius 1 is 1.53 bits per heavy atom. The molecular weight excluding hydrogens is 222 g/mol. The van der Waals surface area contributed by atoms with Crippen LogP contribution in [0.5, 0.6) is 0 Å². The van der Waals surface area contributed by atoms with Gasteiger partial charge in [-0.2, -0.15) is 0 Å². The van der Waals surface area contributed by atoms with Crippen molar-refractivity contribution in [3.05, 3.63) is 23.7 Å². The van der Waals surface area contributed by atoms with Crippen LogP contribution in [-0.2, 0) is 11.3 Å². The van der Waals surface area contributed by atoms with Crippen LogP contribution in [0.1, 0.15) is 35.4 Å². The van der Waals surface area contributed by atoms with Gasteiger partial charge in [-0.15, -0.1) is 0 Å². The zero-order chi connectivity index (χ0) is 11.8. The maximum absolute atomic E-state index is 10.9. The van der Waals surface area contributed by atoms with E-state index in [0.29, 0.717) is 30.6 Å². The highest BCUT2D eigenvalue weighted by Crippen LogP contribution is 2.34. The van der Waals surface area contributed by atoms with Crippen LogP contribution in [0.15, 0.2) is 16.7 Å². The highest BCUT2D eigenvalue weighted by atomic mass is 16.5. The molecule has 2 aliphatic heterocycles. The minimum absolute atomic E-state index is 0.238. The Hall–Kier alpha value is -1.33. The van der Waals surface area contributed by atoms with Crippen molar-refractivity contribution in [2.45, 2.75) is 44.1 Å². The van der Waals surface area contributed by atoms with Crippen molar-refractivity contribution in [1.29, 1.82) is 0 Å². The summed E-state index contributed by atoms with van der Waals surface area (Å²) in [5.74, 6) is -0.458. The minimum Gasteiger partial charge on any atom is -0.478 e. The summed E-state index contributed by atoms with van der Waals surface area (Å²) in [5, 5.41) is 12.3. The number of carboxylic acid groups (broad SMARTS) is 1. The summed E-state index contributed by atoms with van der Waals surface area (Å²) < 4.78 is 10.9. The Bertz CT molecular complexity index is 428. The van der Waals surface area contributed by atoms with Crippen LogP contribution in [0.2, 0.25) is 0 Å². The number of fused-ring (bicyclic) bond motifs is 2. The van der Waals surface area contributed by atoms with E-state index in [-0.39, 0.29) is 5.56 Å². The second-order valence-corrected chi connectivity index (χ2v) is 4.66. The van der Waals surface area contributed by atoms with Crippen LogP contribution in [-0.4, -0.2) is 29.3 Å². The van der Waals surface area contributed by atoms with Gasteiger partial charge in [0.05, 0.1) is 25.0 Å². The Kier molecular flexibility index (Phi) is 2.64. The van der Waals surface area contributed by atoms with Crippen LogP contribution < -0.4 is 5.32 Å². The lowest BCUT2D eigenvalue weighted by Gasteiger charge is -2.19. The summed E-state index contributed by atoms with van der Waals surface area (Å²) in [7, 11) is 0. The lowest BCUT2D eigenvalue weighted by atomic mass is 9.95. The Morgan fingerprint density at radius 2 is 2.41 bits per heavy atom. The molecule has 0 aliphatic carbocycles. The molecule has 3 rings (SSSR count). The van der Waals surface area contributed by atoms with Gasteiger partial charge in [-0.3, -0.25) is 0 Å². The highest BCUT2D eigenvalue weighted by molar-refractivity contribution is 5.88. The summed E-state index contributed by atoms with van der Waals surface area (Å²) >= 11 is 0. The normalized spacial score (nSPS) is 30.9. The van der Waals surface area contributed by atoms with Crippen molar-refractivity contribution in [2.75, 3.05) is 0 Å². The summed E-state index contributed by atoms with van der Waals surface area (Å²) in [6.45, 7) is 0.450. The summed E-state index contributed by atoms with van der Waals surface area (Å²) in [5.41, 5.74) is 0.238. The van der Waals surface area contributed by atoms with Gasteiger partial charge >= 0.3 is 5.97 Å². The molecule has 2 N–H and O–H groups in total. The molecule has 3 unspecified atom stereocenters. The van der Waals surface area contributed by atoms with Crippen molar-refractivity contribution >= 4 is 5.97 Å². The van der Waals surface area contributed by atoms with E-state index in [9.17, 15) is 4.79 Å². The van der Waals surface area contributed by atoms with E-state index >= 15 is 0 Å². The fourth-order valence-electron chi connectivity index (χ4n) is 2.74. The van der Waals surface area contributed by atoms with Crippen molar-refractivity contribution in [2.24, 2.45) is 0 Å². The third-order valence-corrected chi connectivity index (χ3v) is 3.61. The smallest absolute Gasteiger partial charge is 0.339 e. The number of aromatic carboxylic acids is 1. The standard InChI is InChI=1S/C12H15NO4/c14-12(15)8-3-4-16-11(8)6-13-9-5-7-1-2-10(9)17-7/h3-4,7,9-10,13H,1-2,5-6H2,(H,14,15). The first-order valence-corrected chi connectivity index (χ1v) is 5.92. The van der Waals surface area contributed by atoms with Crippen LogP contribution in [0.25, 0.3) is 0 Å². The molecule has 0 aromatic carbocycles. The predicted molar refractivity (Wildman–Crippen MR) is 58.8 cm³/mol. The second kappa shape index (κ2) is 4.16. The van der Waals surface area contributed by atoms with Crippen molar-refractivity contribution in [1.82, 2.24) is 5.32 Å². The average molecular weight is 237 g/mol. The SMILES string of the molecule is O=C(O)c1ccoc1CNC1CC2CCC1O2. The second-order valence-electron chi connectivity index (χ2n) is 4.66. The largest absolute Gasteiger partial charge is 0.478 e. The molecule has 17 heavy (non-hydrogen) atoms. The number of rotatable bonds is 4. The maximum atomic E-state index is 10.9. The Morgan fingerprint density at radius 3 is 3.06 bits per heavy atom. The minimum atomic E-state index is -0.945. The number of nitrogens with one attached hydrogen (secondary N) is 1. The lowest BCUT2D eigenvalue weighted by molar-refractivity contribution is 0.0694. The zero-order valence-corrected chi connectivity index (χ0v) is 9.39. The van der Waals surface area contributed by atoms with E-state index in [1.54, 1.807) is 0 Å². The van der Waals surface area contributed by atoms with E-state index in [2.05, 4.69) is 5.32 Å². The molecule has 2 bridgehead atoms. The molecule has 92 valence electrons. The molecule has 3 heterocycles. The quantitative estimate of drug-likeness (QED) is 0.828. The van der Waals surface area contributed by atoms with Gasteiger partial charge in [0.2, 0.25) is 0 Å². The van der Waals surface area contributed by atoms with E-state index in [1.165, 1.54) is 12.3 Å². The zero-order valence-electron chi connectivity index (χ0n) is 9.39. The molecule has 0 radical (unpaired) electrons. The summed E-state index contributed by atoms with van der Waals surface area (Å²) in [6.07, 6.45) is 5.39. The molecule has 5 heteroatoms. The highest BCUT2D eigenvalue weighted by Gasteiger charge is 2.40. The van der Waals surface area contributed by atoms with Crippen molar-refractivity contribution in [3.63, 3.8) is 0 Å². The fourth-order valence-corrected chi connectivity index (χ4v) is 2.74. The van der Waals surface area contributed by atoms with Crippen molar-refractivity contribution in [3.8, 4) is 0 Å². The first kappa shape index (κ1) is 10.8. The fraction of sp³-hybridized carbons (Fsp3) is 0.583. The number of furan rings is 1. The van der Waals surface area contributed by atoms with Gasteiger partial charge in [0, 0.05) is 6.04 Å². The topological polar surface area (TPSA) is 71.7 Å². The molecule has 1 aromatic rings. The Balaban J connectivity index is 1.60. The van der Waals surface area contributed by atoms with Gasteiger partial charge in [-0.1, -0.05) is 0 Å². The van der Waals surface area contributed by atoms with Gasteiger partial charge < -0.3 is 19.6 Å². The van der Waals surface area contributed by atoms with Gasteiger partial charge in [0.25, 0.3) is 0 Å². The van der Waals surface area contributed by atoms with Crippen LogP contribution in [0, 0.1) is 0 Å².